The van der Waals surface area contributed by atoms with E-state index in [1.165, 1.54) is 6.20 Å². The zero-order valence-electron chi connectivity index (χ0n) is 7.98. The Kier molecular flexibility index (Phi) is 5.94. The fraction of sp³-hybridized carbons (Fsp3) is 0.286. The third-order valence-electron chi connectivity index (χ3n) is 1.29. The third-order valence-corrected chi connectivity index (χ3v) is 1.49. The Hall–Kier alpha value is -0.430. The topological polar surface area (TPSA) is 78.1 Å². The van der Waals surface area contributed by atoms with E-state index in [-0.39, 0.29) is 52.7 Å². The van der Waals surface area contributed by atoms with Gasteiger partial charge in [0, 0.05) is 40.9 Å². The Labute approximate surface area is 109 Å². The second-order valence-corrected chi connectivity index (χ2v) is 2.54. The number of anilines is 1. The van der Waals surface area contributed by atoms with Crippen molar-refractivity contribution >= 4 is 54.0 Å². The minimum Gasteiger partial charge on any atom is -0.740 e. The van der Waals surface area contributed by atoms with Crippen LogP contribution in [0.1, 0.15) is 17.3 Å². The van der Waals surface area contributed by atoms with E-state index < -0.39 is 5.97 Å². The largest absolute Gasteiger partial charge is 0.740 e. The Balaban J connectivity index is 0.00000169. The van der Waals surface area contributed by atoms with E-state index in [1.807, 2.05) is 0 Å². The molecular formula is C7H8N3NaO2S-. The third kappa shape index (κ3) is 3.38. The molecule has 1 heterocycles. The molecule has 1 rings (SSSR count). The maximum atomic E-state index is 11.2. The molecule has 0 saturated carbocycles. The first-order chi connectivity index (χ1) is 6.15. The molecule has 7 heteroatoms. The van der Waals surface area contributed by atoms with Crippen molar-refractivity contribution in [2.45, 2.75) is 12.1 Å². The molecule has 0 saturated heterocycles. The van der Waals surface area contributed by atoms with Gasteiger partial charge in [-0.05, 0) is 6.92 Å². The molecule has 0 aliphatic rings. The van der Waals surface area contributed by atoms with Gasteiger partial charge in [-0.3, -0.25) is 4.98 Å². The SMILES string of the molecule is CCOC(=O)c1cnc([S-])nc1N.[Na]. The Morgan fingerprint density at radius 1 is 1.71 bits per heavy atom. The second kappa shape index (κ2) is 6.13. The normalized spacial score (nSPS) is 8.93. The van der Waals surface area contributed by atoms with Crippen LogP contribution in [-0.4, -0.2) is 52.1 Å². The van der Waals surface area contributed by atoms with E-state index in [0.717, 1.165) is 0 Å². The van der Waals surface area contributed by atoms with Crippen molar-refractivity contribution in [1.29, 1.82) is 0 Å². The van der Waals surface area contributed by atoms with Crippen LogP contribution in [0.15, 0.2) is 11.4 Å². The molecule has 1 aromatic heterocycles. The summed E-state index contributed by atoms with van der Waals surface area (Å²) in [5.74, 6) is -0.478. The van der Waals surface area contributed by atoms with Crippen LogP contribution in [0.5, 0.6) is 0 Å². The van der Waals surface area contributed by atoms with Crippen molar-refractivity contribution in [3.63, 3.8) is 0 Å². The van der Waals surface area contributed by atoms with Crippen LogP contribution in [0, 0.1) is 0 Å². The number of carbonyl (C=O) groups excluding carboxylic acids is 1. The molecule has 0 fully saturated rings. The van der Waals surface area contributed by atoms with Crippen LogP contribution < -0.4 is 5.73 Å². The number of aromatic nitrogens is 2. The van der Waals surface area contributed by atoms with Gasteiger partial charge >= 0.3 is 5.97 Å². The van der Waals surface area contributed by atoms with Gasteiger partial charge in [-0.15, -0.1) is 0 Å². The van der Waals surface area contributed by atoms with E-state index in [9.17, 15) is 4.79 Å². The first-order valence-corrected chi connectivity index (χ1v) is 4.02. The molecule has 0 aliphatic heterocycles. The predicted octanol–water partition coefficient (Wildman–Crippen LogP) is -0.239. The maximum Gasteiger partial charge on any atom is 0.343 e. The van der Waals surface area contributed by atoms with Gasteiger partial charge in [-0.25, -0.2) is 9.78 Å². The minimum absolute atomic E-state index is 0. The summed E-state index contributed by atoms with van der Waals surface area (Å²) in [4.78, 5) is 18.5. The summed E-state index contributed by atoms with van der Waals surface area (Å²) in [5, 5.41) is 0.116. The Bertz CT molecular complexity index is 335. The smallest absolute Gasteiger partial charge is 0.343 e. The van der Waals surface area contributed by atoms with Crippen LogP contribution in [0.3, 0.4) is 0 Å². The molecule has 0 aromatic carbocycles. The fourth-order valence-electron chi connectivity index (χ4n) is 0.744. The number of nitrogens with two attached hydrogens (primary N) is 1. The Morgan fingerprint density at radius 2 is 2.36 bits per heavy atom. The predicted molar refractivity (Wildman–Crippen MR) is 53.8 cm³/mol. The van der Waals surface area contributed by atoms with E-state index in [2.05, 4.69) is 22.6 Å². The molecular weight excluding hydrogens is 213 g/mol. The van der Waals surface area contributed by atoms with Crippen molar-refractivity contribution in [1.82, 2.24) is 9.97 Å². The van der Waals surface area contributed by atoms with Gasteiger partial charge in [0.15, 0.2) is 0 Å². The molecule has 5 nitrogen and oxygen atoms in total. The van der Waals surface area contributed by atoms with E-state index in [4.69, 9.17) is 10.5 Å². The van der Waals surface area contributed by atoms with Gasteiger partial charge in [-0.1, -0.05) is 0 Å². The summed E-state index contributed by atoms with van der Waals surface area (Å²) in [6, 6.07) is 0. The Morgan fingerprint density at radius 3 is 2.86 bits per heavy atom. The molecule has 14 heavy (non-hydrogen) atoms. The van der Waals surface area contributed by atoms with Gasteiger partial charge < -0.3 is 23.1 Å². The second-order valence-electron chi connectivity index (χ2n) is 2.17. The molecule has 0 amide bonds. The van der Waals surface area contributed by atoms with Gasteiger partial charge in [-0.2, -0.15) is 0 Å². The van der Waals surface area contributed by atoms with Crippen molar-refractivity contribution in [3.05, 3.63) is 11.8 Å². The number of nitrogen functional groups attached to an aromatic ring is 1. The van der Waals surface area contributed by atoms with E-state index in [1.54, 1.807) is 6.92 Å². The van der Waals surface area contributed by atoms with Gasteiger partial charge in [0.2, 0.25) is 0 Å². The number of carbonyl (C=O) groups is 1. The van der Waals surface area contributed by atoms with Crippen LogP contribution in [0.2, 0.25) is 0 Å². The zero-order chi connectivity index (χ0) is 9.84. The van der Waals surface area contributed by atoms with Crippen LogP contribution >= 0.6 is 0 Å². The van der Waals surface area contributed by atoms with E-state index >= 15 is 0 Å². The molecule has 0 unspecified atom stereocenters. The minimum atomic E-state index is -0.532. The first-order valence-electron chi connectivity index (χ1n) is 3.61. The molecule has 71 valence electrons. The number of hydrogen-bond acceptors (Lipinski definition) is 6. The summed E-state index contributed by atoms with van der Waals surface area (Å²) in [7, 11) is 0. The first kappa shape index (κ1) is 13.6. The monoisotopic (exact) mass is 221 g/mol. The average molecular weight is 221 g/mol. The van der Waals surface area contributed by atoms with Crippen LogP contribution in [0.4, 0.5) is 5.82 Å². The molecule has 1 aromatic rings. The summed E-state index contributed by atoms with van der Waals surface area (Å²) in [6.45, 7) is 1.99. The fourth-order valence-corrected chi connectivity index (χ4v) is 0.895. The number of ether oxygens (including phenoxy) is 1. The van der Waals surface area contributed by atoms with Gasteiger partial charge in [0.25, 0.3) is 0 Å². The van der Waals surface area contributed by atoms with Crippen molar-refractivity contribution in [3.8, 4) is 0 Å². The molecule has 0 atom stereocenters. The molecule has 0 aliphatic carbocycles. The van der Waals surface area contributed by atoms with E-state index in [0.29, 0.717) is 0 Å². The van der Waals surface area contributed by atoms with Gasteiger partial charge in [0.1, 0.15) is 11.4 Å². The zero-order valence-corrected chi connectivity index (χ0v) is 10.8. The summed E-state index contributed by atoms with van der Waals surface area (Å²) < 4.78 is 4.72. The van der Waals surface area contributed by atoms with Crippen LogP contribution in [0.25, 0.3) is 0 Å². The van der Waals surface area contributed by atoms with Crippen molar-refractivity contribution in [2.24, 2.45) is 0 Å². The molecule has 0 spiro atoms. The number of rotatable bonds is 2. The molecule has 1 radical (unpaired) electrons. The maximum absolute atomic E-state index is 11.2. The summed E-state index contributed by atoms with van der Waals surface area (Å²) in [6.07, 6.45) is 1.27. The number of hydrogen-bond donors (Lipinski definition) is 1. The number of esters is 1. The standard InChI is InChI=1S/C7H9N3O2S.Na/c1-2-12-6(11)4-3-9-7(13)10-5(4)8;/h3H,2H2,1H3,(H3,8,9,10,13);/p-1. The van der Waals surface area contributed by atoms with Crippen LogP contribution in [-0.2, 0) is 17.4 Å². The molecule has 0 bridgehead atoms. The quantitative estimate of drug-likeness (QED) is 0.321. The van der Waals surface area contributed by atoms with Crippen molar-refractivity contribution < 1.29 is 9.53 Å². The number of nitrogens with zero attached hydrogens (tertiary/aromatic N) is 2. The van der Waals surface area contributed by atoms with Gasteiger partial charge in [0.05, 0.1) is 6.61 Å². The average Bonchev–Trinajstić information content (AvgIpc) is 2.04. The van der Waals surface area contributed by atoms with Crippen molar-refractivity contribution in [2.75, 3.05) is 12.3 Å². The summed E-state index contributed by atoms with van der Waals surface area (Å²) in [5.41, 5.74) is 5.58. The molecule has 2 N–H and O–H groups in total. The summed E-state index contributed by atoms with van der Waals surface area (Å²) >= 11 is 4.66.